The van der Waals surface area contributed by atoms with Gasteiger partial charge in [-0.15, -0.1) is 0 Å². The van der Waals surface area contributed by atoms with Crippen molar-refractivity contribution in [1.29, 1.82) is 0 Å². The van der Waals surface area contributed by atoms with Crippen LogP contribution in [0.3, 0.4) is 0 Å². The molecule has 0 bridgehead atoms. The monoisotopic (exact) mass is 345 g/mol. The topological polar surface area (TPSA) is 54.9 Å². The van der Waals surface area contributed by atoms with Crippen molar-refractivity contribution in [2.24, 2.45) is 17.8 Å². The van der Waals surface area contributed by atoms with Crippen LogP contribution in [0.1, 0.15) is 12.0 Å². The lowest BCUT2D eigenvalue weighted by Crippen LogP contribution is -2.44. The molecule has 1 aromatic heterocycles. The number of hydrogen-bond acceptors (Lipinski definition) is 5. The van der Waals surface area contributed by atoms with Crippen molar-refractivity contribution in [1.82, 2.24) is 14.8 Å². The largest absolute Gasteiger partial charge is 0.381 e. The van der Waals surface area contributed by atoms with Gasteiger partial charge < -0.3 is 14.4 Å². The first kappa shape index (κ1) is 16.9. The van der Waals surface area contributed by atoms with Gasteiger partial charge in [-0.1, -0.05) is 6.07 Å². The van der Waals surface area contributed by atoms with Crippen LogP contribution in [0.4, 0.5) is 0 Å². The standard InChI is InChI=1S/C19H27N3O3/c23-19(22-4-6-24-7-5-22)8-16-13-25-14-17-11-21(12-18(16)17)10-15-2-1-3-20-9-15/h1-3,9,16-18H,4-8,10-14H2/t16-,17-,18+/m1/s1. The Kier molecular flexibility index (Phi) is 5.29. The Morgan fingerprint density at radius 1 is 1.20 bits per heavy atom. The number of fused-ring (bicyclic) bond motifs is 1. The van der Waals surface area contributed by atoms with Crippen LogP contribution in [0.2, 0.25) is 0 Å². The predicted octanol–water partition coefficient (Wildman–Crippen LogP) is 1.02. The quantitative estimate of drug-likeness (QED) is 0.816. The van der Waals surface area contributed by atoms with Gasteiger partial charge in [0.1, 0.15) is 0 Å². The number of morpholine rings is 1. The van der Waals surface area contributed by atoms with Gasteiger partial charge in [0.15, 0.2) is 0 Å². The zero-order valence-corrected chi connectivity index (χ0v) is 14.7. The Bertz CT molecular complexity index is 577. The lowest BCUT2D eigenvalue weighted by atomic mass is 9.81. The molecule has 4 rings (SSSR count). The average molecular weight is 345 g/mol. The summed E-state index contributed by atoms with van der Waals surface area (Å²) >= 11 is 0. The Morgan fingerprint density at radius 3 is 2.88 bits per heavy atom. The molecule has 0 aromatic carbocycles. The van der Waals surface area contributed by atoms with E-state index >= 15 is 0 Å². The van der Waals surface area contributed by atoms with Crippen molar-refractivity contribution in [3.63, 3.8) is 0 Å². The molecule has 3 atom stereocenters. The van der Waals surface area contributed by atoms with Crippen LogP contribution < -0.4 is 0 Å². The van der Waals surface area contributed by atoms with Crippen molar-refractivity contribution < 1.29 is 14.3 Å². The van der Waals surface area contributed by atoms with Crippen LogP contribution in [-0.2, 0) is 20.8 Å². The first-order valence-electron chi connectivity index (χ1n) is 9.34. The number of carbonyl (C=O) groups is 1. The second kappa shape index (κ2) is 7.81. The molecule has 3 fully saturated rings. The minimum atomic E-state index is 0.267. The molecule has 0 saturated carbocycles. The van der Waals surface area contributed by atoms with E-state index in [9.17, 15) is 4.79 Å². The van der Waals surface area contributed by atoms with Gasteiger partial charge in [0.25, 0.3) is 0 Å². The Balaban J connectivity index is 1.35. The van der Waals surface area contributed by atoms with Crippen LogP contribution in [-0.4, -0.2) is 73.3 Å². The lowest BCUT2D eigenvalue weighted by Gasteiger charge is -2.35. The lowest BCUT2D eigenvalue weighted by molar-refractivity contribution is -0.138. The van der Waals surface area contributed by atoms with E-state index in [0.717, 1.165) is 45.9 Å². The van der Waals surface area contributed by atoms with E-state index in [1.807, 2.05) is 23.4 Å². The SMILES string of the molecule is O=C(C[C@@H]1COC[C@H]2CN(Cc3cccnc3)C[C@@H]12)N1CCOCC1. The van der Waals surface area contributed by atoms with Crippen LogP contribution >= 0.6 is 0 Å². The van der Waals surface area contributed by atoms with Gasteiger partial charge in [0.2, 0.25) is 5.91 Å². The van der Waals surface area contributed by atoms with Gasteiger partial charge in [0, 0.05) is 51.5 Å². The molecule has 0 aliphatic carbocycles. The summed E-state index contributed by atoms with van der Waals surface area (Å²) in [5, 5.41) is 0. The van der Waals surface area contributed by atoms with E-state index in [-0.39, 0.29) is 5.91 Å². The van der Waals surface area contributed by atoms with Crippen molar-refractivity contribution in [2.75, 3.05) is 52.6 Å². The van der Waals surface area contributed by atoms with E-state index in [4.69, 9.17) is 9.47 Å². The number of carbonyl (C=O) groups excluding carboxylic acids is 1. The Morgan fingerprint density at radius 2 is 2.08 bits per heavy atom. The summed E-state index contributed by atoms with van der Waals surface area (Å²) in [5.74, 6) is 1.72. The van der Waals surface area contributed by atoms with Crippen LogP contribution in [0.15, 0.2) is 24.5 Å². The van der Waals surface area contributed by atoms with Gasteiger partial charge in [-0.05, 0) is 29.4 Å². The highest BCUT2D eigenvalue weighted by atomic mass is 16.5. The van der Waals surface area contributed by atoms with E-state index < -0.39 is 0 Å². The van der Waals surface area contributed by atoms with Crippen LogP contribution in [0, 0.1) is 17.8 Å². The van der Waals surface area contributed by atoms with E-state index in [1.54, 1.807) is 0 Å². The van der Waals surface area contributed by atoms with Gasteiger partial charge in [-0.3, -0.25) is 14.7 Å². The molecule has 1 aromatic rings. The molecule has 3 aliphatic rings. The second-order valence-corrected chi connectivity index (χ2v) is 7.47. The van der Waals surface area contributed by atoms with Crippen molar-refractivity contribution in [3.05, 3.63) is 30.1 Å². The molecule has 4 heterocycles. The predicted molar refractivity (Wildman–Crippen MR) is 92.8 cm³/mol. The number of ether oxygens (including phenoxy) is 2. The highest BCUT2D eigenvalue weighted by Crippen LogP contribution is 2.36. The third-order valence-electron chi connectivity index (χ3n) is 5.77. The maximum absolute atomic E-state index is 12.6. The molecule has 1 amide bonds. The summed E-state index contributed by atoms with van der Waals surface area (Å²) in [6.45, 7) is 7.39. The second-order valence-electron chi connectivity index (χ2n) is 7.47. The third-order valence-corrected chi connectivity index (χ3v) is 5.77. The molecular formula is C19H27N3O3. The third kappa shape index (κ3) is 4.02. The van der Waals surface area contributed by atoms with Crippen LogP contribution in [0.25, 0.3) is 0 Å². The molecular weight excluding hydrogens is 318 g/mol. The number of rotatable bonds is 4. The highest BCUT2D eigenvalue weighted by Gasteiger charge is 2.41. The average Bonchev–Trinajstić information content (AvgIpc) is 3.07. The fourth-order valence-electron chi connectivity index (χ4n) is 4.45. The Labute approximate surface area is 149 Å². The fraction of sp³-hybridized carbons (Fsp3) is 0.684. The maximum atomic E-state index is 12.6. The number of aromatic nitrogens is 1. The fourth-order valence-corrected chi connectivity index (χ4v) is 4.45. The molecule has 6 nitrogen and oxygen atoms in total. The smallest absolute Gasteiger partial charge is 0.223 e. The minimum absolute atomic E-state index is 0.267. The first-order chi connectivity index (χ1) is 12.3. The normalized spacial score (nSPS) is 30.2. The minimum Gasteiger partial charge on any atom is -0.381 e. The van der Waals surface area contributed by atoms with E-state index in [2.05, 4.69) is 16.0 Å². The molecule has 3 saturated heterocycles. The van der Waals surface area contributed by atoms with Gasteiger partial charge in [0.05, 0.1) is 26.4 Å². The summed E-state index contributed by atoms with van der Waals surface area (Å²) in [6.07, 6.45) is 4.37. The van der Waals surface area contributed by atoms with Gasteiger partial charge >= 0.3 is 0 Å². The van der Waals surface area contributed by atoms with Crippen molar-refractivity contribution in [3.8, 4) is 0 Å². The molecule has 3 aliphatic heterocycles. The molecule has 0 N–H and O–H groups in total. The molecule has 0 radical (unpaired) electrons. The molecule has 136 valence electrons. The zero-order chi connectivity index (χ0) is 17.1. The maximum Gasteiger partial charge on any atom is 0.223 e. The molecule has 0 unspecified atom stereocenters. The number of nitrogens with zero attached hydrogens (tertiary/aromatic N) is 3. The number of pyridine rings is 1. The molecule has 6 heteroatoms. The summed E-state index contributed by atoms with van der Waals surface area (Å²) in [6, 6.07) is 4.12. The van der Waals surface area contributed by atoms with E-state index in [1.165, 1.54) is 5.56 Å². The summed E-state index contributed by atoms with van der Waals surface area (Å²) in [7, 11) is 0. The Hall–Kier alpha value is -1.50. The highest BCUT2D eigenvalue weighted by molar-refractivity contribution is 5.76. The first-order valence-corrected chi connectivity index (χ1v) is 9.34. The number of amides is 1. The zero-order valence-electron chi connectivity index (χ0n) is 14.7. The van der Waals surface area contributed by atoms with Gasteiger partial charge in [-0.25, -0.2) is 0 Å². The van der Waals surface area contributed by atoms with Crippen molar-refractivity contribution in [2.45, 2.75) is 13.0 Å². The van der Waals surface area contributed by atoms with Crippen molar-refractivity contribution >= 4 is 5.91 Å². The summed E-state index contributed by atoms with van der Waals surface area (Å²) in [5.41, 5.74) is 1.25. The number of hydrogen-bond donors (Lipinski definition) is 0. The van der Waals surface area contributed by atoms with Crippen LogP contribution in [0.5, 0.6) is 0 Å². The van der Waals surface area contributed by atoms with E-state index in [0.29, 0.717) is 37.4 Å². The van der Waals surface area contributed by atoms with Gasteiger partial charge in [-0.2, -0.15) is 0 Å². The molecule has 0 spiro atoms. The number of likely N-dealkylation sites (tertiary alicyclic amines) is 1. The molecule has 25 heavy (non-hydrogen) atoms. The summed E-state index contributed by atoms with van der Waals surface area (Å²) < 4.78 is 11.2. The summed E-state index contributed by atoms with van der Waals surface area (Å²) in [4.78, 5) is 21.3.